The number of benzene rings is 1. The Balaban J connectivity index is 1.64. The van der Waals surface area contributed by atoms with Gasteiger partial charge in [-0.1, -0.05) is 37.3 Å². The van der Waals surface area contributed by atoms with Crippen molar-refractivity contribution in [2.75, 3.05) is 0 Å². The van der Waals surface area contributed by atoms with E-state index >= 15 is 0 Å². The Bertz CT molecular complexity index is 762. The molecule has 0 fully saturated rings. The van der Waals surface area contributed by atoms with E-state index in [1.165, 1.54) is 21.3 Å². The van der Waals surface area contributed by atoms with Crippen LogP contribution in [-0.2, 0) is 13.0 Å². The molecule has 0 atom stereocenters. The predicted octanol–water partition coefficient (Wildman–Crippen LogP) is 4.36. The quantitative estimate of drug-likeness (QED) is 0.756. The van der Waals surface area contributed by atoms with Crippen LogP contribution >= 0.6 is 22.9 Å². The average Bonchev–Trinajstić information content (AvgIpc) is 3.22. The van der Waals surface area contributed by atoms with Crippen LogP contribution in [-0.4, -0.2) is 10.3 Å². The van der Waals surface area contributed by atoms with Crippen LogP contribution in [0.4, 0.5) is 0 Å². The number of hydrogen-bond donors (Lipinski definition) is 1. The fourth-order valence-corrected chi connectivity index (χ4v) is 3.66. The van der Waals surface area contributed by atoms with E-state index in [0.717, 1.165) is 17.7 Å². The molecule has 0 saturated carbocycles. The molecule has 5 heteroatoms. The summed E-state index contributed by atoms with van der Waals surface area (Å²) in [6.07, 6.45) is 1.04. The number of amides is 1. The van der Waals surface area contributed by atoms with Gasteiger partial charge in [0.2, 0.25) is 0 Å². The van der Waals surface area contributed by atoms with Gasteiger partial charge in [-0.3, -0.25) is 4.79 Å². The molecule has 0 aliphatic heterocycles. The third-order valence-electron chi connectivity index (χ3n) is 3.29. The normalized spacial score (nSPS) is 10.6. The summed E-state index contributed by atoms with van der Waals surface area (Å²) in [5, 5.41) is 2.96. The number of carbonyl (C=O) groups excluding carboxylic acids is 1. The van der Waals surface area contributed by atoms with E-state index in [-0.39, 0.29) is 5.91 Å². The molecule has 1 N–H and O–H groups in total. The van der Waals surface area contributed by atoms with Crippen LogP contribution in [0.3, 0.4) is 0 Å². The summed E-state index contributed by atoms with van der Waals surface area (Å²) in [7, 11) is 0. The summed E-state index contributed by atoms with van der Waals surface area (Å²) in [5.74, 6) is -0.0638. The second-order valence-corrected chi connectivity index (χ2v) is 6.90. The summed E-state index contributed by atoms with van der Waals surface area (Å²) in [6, 6.07) is 15.9. The van der Waals surface area contributed by atoms with Crippen LogP contribution in [0.1, 0.15) is 26.3 Å². The molecule has 0 radical (unpaired) electrons. The lowest BCUT2D eigenvalue weighted by molar-refractivity contribution is 0.0955. The first-order chi connectivity index (χ1) is 10.8. The van der Waals surface area contributed by atoms with Crippen molar-refractivity contribution in [3.63, 3.8) is 0 Å². The molecule has 3 aromatic rings. The number of hydrogen-bond acceptors (Lipinski definition) is 4. The smallest absolute Gasteiger partial charge is 0.263 e. The average molecular weight is 328 g/mol. The predicted molar refractivity (Wildman–Crippen MR) is 92.4 cm³/mol. The van der Waals surface area contributed by atoms with Crippen LogP contribution in [0.25, 0.3) is 11.3 Å². The van der Waals surface area contributed by atoms with Crippen LogP contribution in [0.15, 0.2) is 48.5 Å². The maximum atomic E-state index is 12.2. The van der Waals surface area contributed by atoms with Gasteiger partial charge in [0.05, 0.1) is 12.2 Å². The molecule has 0 bridgehead atoms. The third kappa shape index (κ3) is 3.43. The van der Waals surface area contributed by atoms with E-state index < -0.39 is 0 Å². The summed E-state index contributed by atoms with van der Waals surface area (Å²) < 4.78 is 4.36. The number of carbonyl (C=O) groups is 1. The van der Waals surface area contributed by atoms with Crippen LogP contribution in [0.5, 0.6) is 0 Å². The minimum absolute atomic E-state index is 0.0638. The van der Waals surface area contributed by atoms with Crippen LogP contribution < -0.4 is 5.32 Å². The highest BCUT2D eigenvalue weighted by Crippen LogP contribution is 2.22. The van der Waals surface area contributed by atoms with Gasteiger partial charge in [-0.05, 0) is 36.2 Å². The molecule has 0 aliphatic carbocycles. The van der Waals surface area contributed by atoms with Gasteiger partial charge in [0.25, 0.3) is 5.91 Å². The van der Waals surface area contributed by atoms with Crippen LogP contribution in [0, 0.1) is 0 Å². The first kappa shape index (κ1) is 14.9. The largest absolute Gasteiger partial charge is 0.346 e. The number of aromatic nitrogens is 1. The molecule has 2 aromatic heterocycles. The van der Waals surface area contributed by atoms with Crippen molar-refractivity contribution in [2.45, 2.75) is 19.9 Å². The first-order valence-electron chi connectivity index (χ1n) is 7.14. The molecule has 0 spiro atoms. The zero-order valence-corrected chi connectivity index (χ0v) is 13.8. The highest BCUT2D eigenvalue weighted by Gasteiger charge is 2.11. The summed E-state index contributed by atoms with van der Waals surface area (Å²) >= 11 is 2.98. The van der Waals surface area contributed by atoms with Gasteiger partial charge >= 0.3 is 0 Å². The Labute approximate surface area is 137 Å². The molecule has 0 unspecified atom stereocenters. The molecule has 112 valence electrons. The maximum Gasteiger partial charge on any atom is 0.263 e. The Morgan fingerprint density at radius 1 is 1.14 bits per heavy atom. The fraction of sp³-hybridized carbons (Fsp3) is 0.176. The zero-order chi connectivity index (χ0) is 15.4. The lowest BCUT2D eigenvalue weighted by Crippen LogP contribution is -2.21. The monoisotopic (exact) mass is 328 g/mol. The Hall–Kier alpha value is -1.98. The molecule has 3 nitrogen and oxygen atoms in total. The molecule has 1 aromatic carbocycles. The lowest BCUT2D eigenvalue weighted by atomic mass is 10.1. The molecular formula is C17H16N2OS2. The van der Waals surface area contributed by atoms with Crippen molar-refractivity contribution >= 4 is 28.8 Å². The minimum Gasteiger partial charge on any atom is -0.346 e. The molecule has 0 saturated heterocycles. The molecule has 0 aliphatic rings. The van der Waals surface area contributed by atoms with Crippen molar-refractivity contribution in [3.05, 3.63) is 63.2 Å². The standard InChI is InChI=1S/C17H16N2OS2/c1-2-13-8-9-14(21-13)11-18-17(20)16-10-15(19-22-16)12-6-4-3-5-7-12/h3-10H,2,11H2,1H3,(H,18,20). The lowest BCUT2D eigenvalue weighted by Gasteiger charge is -2.00. The van der Waals surface area contributed by atoms with E-state index in [1.807, 2.05) is 36.4 Å². The van der Waals surface area contributed by atoms with Gasteiger partial charge in [0.15, 0.2) is 0 Å². The molecule has 3 rings (SSSR count). The third-order valence-corrected chi connectivity index (χ3v) is 5.31. The molecule has 2 heterocycles. The molecule has 1 amide bonds. The summed E-state index contributed by atoms with van der Waals surface area (Å²) in [6.45, 7) is 2.71. The van der Waals surface area contributed by atoms with E-state index in [1.54, 1.807) is 11.3 Å². The number of rotatable bonds is 5. The van der Waals surface area contributed by atoms with Crippen molar-refractivity contribution in [3.8, 4) is 11.3 Å². The van der Waals surface area contributed by atoms with Crippen molar-refractivity contribution in [2.24, 2.45) is 0 Å². The minimum atomic E-state index is -0.0638. The summed E-state index contributed by atoms with van der Waals surface area (Å²) in [4.78, 5) is 15.4. The highest BCUT2D eigenvalue weighted by atomic mass is 32.1. The van der Waals surface area contributed by atoms with Crippen molar-refractivity contribution in [1.82, 2.24) is 9.69 Å². The van der Waals surface area contributed by atoms with Gasteiger partial charge in [0.1, 0.15) is 4.88 Å². The van der Waals surface area contributed by atoms with E-state index in [4.69, 9.17) is 0 Å². The topological polar surface area (TPSA) is 42.0 Å². The number of nitrogens with one attached hydrogen (secondary N) is 1. The fourth-order valence-electron chi connectivity index (χ4n) is 2.09. The Kier molecular flexibility index (Phi) is 4.65. The van der Waals surface area contributed by atoms with E-state index in [9.17, 15) is 4.79 Å². The maximum absolute atomic E-state index is 12.2. The highest BCUT2D eigenvalue weighted by molar-refractivity contribution is 7.12. The Morgan fingerprint density at radius 2 is 1.91 bits per heavy atom. The van der Waals surface area contributed by atoms with Gasteiger partial charge in [-0.25, -0.2) is 0 Å². The van der Waals surface area contributed by atoms with Crippen molar-refractivity contribution < 1.29 is 4.79 Å². The first-order valence-corrected chi connectivity index (χ1v) is 8.73. The van der Waals surface area contributed by atoms with Gasteiger partial charge < -0.3 is 5.32 Å². The second kappa shape index (κ2) is 6.85. The molecular weight excluding hydrogens is 312 g/mol. The van der Waals surface area contributed by atoms with Gasteiger partial charge in [0, 0.05) is 15.3 Å². The summed E-state index contributed by atoms with van der Waals surface area (Å²) in [5.41, 5.74) is 1.88. The van der Waals surface area contributed by atoms with Crippen molar-refractivity contribution in [1.29, 1.82) is 0 Å². The van der Waals surface area contributed by atoms with Crippen LogP contribution in [0.2, 0.25) is 0 Å². The number of aryl methyl sites for hydroxylation is 1. The second-order valence-electron chi connectivity index (χ2n) is 4.85. The van der Waals surface area contributed by atoms with Gasteiger partial charge in [-0.2, -0.15) is 4.37 Å². The SMILES string of the molecule is CCc1ccc(CNC(=O)c2cc(-c3ccccc3)ns2)s1. The number of thiophene rings is 1. The molecule has 22 heavy (non-hydrogen) atoms. The van der Waals surface area contributed by atoms with E-state index in [2.05, 4.69) is 28.7 Å². The number of nitrogens with zero attached hydrogens (tertiary/aromatic N) is 1. The van der Waals surface area contributed by atoms with E-state index in [0.29, 0.717) is 11.4 Å². The Morgan fingerprint density at radius 3 is 2.64 bits per heavy atom. The van der Waals surface area contributed by atoms with Gasteiger partial charge in [-0.15, -0.1) is 11.3 Å². The zero-order valence-electron chi connectivity index (χ0n) is 12.2.